The normalized spacial score (nSPS) is 13.3. The molecular formula is C14H17NO2S2. The molecule has 1 N–H and O–H groups in total. The van der Waals surface area contributed by atoms with Crippen LogP contribution in [-0.4, -0.2) is 14.2 Å². The van der Waals surface area contributed by atoms with Crippen LogP contribution in [0.5, 0.6) is 0 Å². The fraction of sp³-hybridized carbons (Fsp3) is 0.286. The van der Waals surface area contributed by atoms with E-state index in [-0.39, 0.29) is 11.8 Å². The standard InChI is InChI=1S/C14H17NO2S2/c1-2-19(16,17)15-13(14-9-6-10-18-14)11-12-7-4-3-5-8-12/h3-10,13,15H,2,11H2,1H3/t13-/m1/s1. The zero-order valence-electron chi connectivity index (χ0n) is 10.7. The van der Waals surface area contributed by atoms with E-state index in [0.717, 1.165) is 10.4 Å². The third-order valence-corrected chi connectivity index (χ3v) is 5.26. The van der Waals surface area contributed by atoms with Crippen molar-refractivity contribution in [3.8, 4) is 0 Å². The molecule has 0 spiro atoms. The molecule has 0 unspecified atom stereocenters. The Morgan fingerprint density at radius 3 is 2.47 bits per heavy atom. The first-order valence-corrected chi connectivity index (χ1v) is 8.71. The van der Waals surface area contributed by atoms with Gasteiger partial charge in [0.1, 0.15) is 0 Å². The number of rotatable bonds is 6. The van der Waals surface area contributed by atoms with Gasteiger partial charge in [0.2, 0.25) is 10.0 Å². The Bertz CT molecular complexity index is 592. The van der Waals surface area contributed by atoms with Crippen molar-refractivity contribution in [1.29, 1.82) is 0 Å². The summed E-state index contributed by atoms with van der Waals surface area (Å²) in [6.07, 6.45) is 0.667. The molecule has 0 aliphatic rings. The summed E-state index contributed by atoms with van der Waals surface area (Å²) in [6.45, 7) is 1.65. The van der Waals surface area contributed by atoms with E-state index in [1.807, 2.05) is 47.8 Å². The fourth-order valence-corrected chi connectivity index (χ4v) is 3.50. The average Bonchev–Trinajstić information content (AvgIpc) is 2.93. The SMILES string of the molecule is CCS(=O)(=O)N[C@H](Cc1ccccc1)c1cccs1. The Morgan fingerprint density at radius 2 is 1.89 bits per heavy atom. The Balaban J connectivity index is 2.21. The maximum Gasteiger partial charge on any atom is 0.211 e. The molecule has 0 saturated heterocycles. The predicted molar refractivity (Wildman–Crippen MR) is 79.8 cm³/mol. The van der Waals surface area contributed by atoms with Crippen LogP contribution in [0.15, 0.2) is 47.8 Å². The van der Waals surface area contributed by atoms with Crippen molar-refractivity contribution < 1.29 is 8.42 Å². The summed E-state index contributed by atoms with van der Waals surface area (Å²) >= 11 is 1.57. The van der Waals surface area contributed by atoms with Gasteiger partial charge in [0.05, 0.1) is 11.8 Å². The van der Waals surface area contributed by atoms with E-state index in [1.54, 1.807) is 18.3 Å². The lowest BCUT2D eigenvalue weighted by Crippen LogP contribution is -2.30. The van der Waals surface area contributed by atoms with E-state index >= 15 is 0 Å². The van der Waals surface area contributed by atoms with Crippen molar-refractivity contribution in [1.82, 2.24) is 4.72 Å². The summed E-state index contributed by atoms with van der Waals surface area (Å²) in [7, 11) is -3.21. The van der Waals surface area contributed by atoms with Crippen LogP contribution in [0.1, 0.15) is 23.4 Å². The molecule has 0 radical (unpaired) electrons. The highest BCUT2D eigenvalue weighted by molar-refractivity contribution is 7.89. The summed E-state index contributed by atoms with van der Waals surface area (Å²) in [5.41, 5.74) is 1.12. The molecular weight excluding hydrogens is 278 g/mol. The van der Waals surface area contributed by atoms with Gasteiger partial charge in [-0.3, -0.25) is 0 Å². The second-order valence-electron chi connectivity index (χ2n) is 4.28. The van der Waals surface area contributed by atoms with Gasteiger partial charge >= 0.3 is 0 Å². The number of hydrogen-bond donors (Lipinski definition) is 1. The number of nitrogens with one attached hydrogen (secondary N) is 1. The maximum atomic E-state index is 11.8. The quantitative estimate of drug-likeness (QED) is 0.890. The number of hydrogen-bond acceptors (Lipinski definition) is 3. The molecule has 1 aromatic carbocycles. The molecule has 1 aromatic heterocycles. The largest absolute Gasteiger partial charge is 0.212 e. The van der Waals surface area contributed by atoms with E-state index in [0.29, 0.717) is 6.42 Å². The van der Waals surface area contributed by atoms with Gasteiger partial charge in [-0.1, -0.05) is 36.4 Å². The summed E-state index contributed by atoms with van der Waals surface area (Å²) in [4.78, 5) is 1.04. The van der Waals surface area contributed by atoms with Gasteiger partial charge in [-0.15, -0.1) is 11.3 Å². The van der Waals surface area contributed by atoms with Crippen LogP contribution >= 0.6 is 11.3 Å². The van der Waals surface area contributed by atoms with E-state index in [1.165, 1.54) is 0 Å². The van der Waals surface area contributed by atoms with E-state index in [2.05, 4.69) is 4.72 Å². The molecule has 3 nitrogen and oxygen atoms in total. The van der Waals surface area contributed by atoms with Gasteiger partial charge < -0.3 is 0 Å². The van der Waals surface area contributed by atoms with Crippen molar-refractivity contribution in [3.05, 3.63) is 58.3 Å². The van der Waals surface area contributed by atoms with Crippen LogP contribution in [0.4, 0.5) is 0 Å². The van der Waals surface area contributed by atoms with Crippen molar-refractivity contribution in [2.75, 3.05) is 5.75 Å². The lowest BCUT2D eigenvalue weighted by molar-refractivity contribution is 0.558. The van der Waals surface area contributed by atoms with Crippen LogP contribution in [0.3, 0.4) is 0 Å². The molecule has 2 rings (SSSR count). The minimum Gasteiger partial charge on any atom is -0.212 e. The summed E-state index contributed by atoms with van der Waals surface area (Å²) in [5, 5.41) is 1.97. The summed E-state index contributed by atoms with van der Waals surface area (Å²) in [6, 6.07) is 13.6. The molecule has 0 saturated carbocycles. The monoisotopic (exact) mass is 295 g/mol. The summed E-state index contributed by atoms with van der Waals surface area (Å²) < 4.78 is 26.4. The lowest BCUT2D eigenvalue weighted by atomic mass is 10.1. The topological polar surface area (TPSA) is 46.2 Å². The molecule has 0 bridgehead atoms. The van der Waals surface area contributed by atoms with Crippen LogP contribution in [-0.2, 0) is 16.4 Å². The highest BCUT2D eigenvalue weighted by Crippen LogP contribution is 2.23. The van der Waals surface area contributed by atoms with Crippen LogP contribution in [0.25, 0.3) is 0 Å². The zero-order valence-corrected chi connectivity index (χ0v) is 12.4. The molecule has 1 atom stereocenters. The predicted octanol–water partition coefficient (Wildman–Crippen LogP) is 2.97. The highest BCUT2D eigenvalue weighted by Gasteiger charge is 2.19. The van der Waals surface area contributed by atoms with Crippen molar-refractivity contribution in [3.63, 3.8) is 0 Å². The summed E-state index contributed by atoms with van der Waals surface area (Å²) in [5.74, 6) is 0.101. The number of thiophene rings is 1. The van der Waals surface area contributed by atoms with Gasteiger partial charge in [0, 0.05) is 4.88 Å². The molecule has 0 aliphatic carbocycles. The first kappa shape index (κ1) is 14.2. The first-order valence-electron chi connectivity index (χ1n) is 6.18. The number of benzene rings is 1. The van der Waals surface area contributed by atoms with E-state index in [4.69, 9.17) is 0 Å². The smallest absolute Gasteiger partial charge is 0.211 e. The van der Waals surface area contributed by atoms with E-state index in [9.17, 15) is 8.42 Å². The first-order chi connectivity index (χ1) is 9.11. The minimum absolute atomic E-state index is 0.101. The molecule has 1 heterocycles. The third kappa shape index (κ3) is 4.16. The molecule has 5 heteroatoms. The Morgan fingerprint density at radius 1 is 1.16 bits per heavy atom. The average molecular weight is 295 g/mol. The molecule has 0 fully saturated rings. The maximum absolute atomic E-state index is 11.8. The van der Waals surface area contributed by atoms with E-state index < -0.39 is 10.0 Å². The van der Waals surface area contributed by atoms with Crippen molar-refractivity contribution >= 4 is 21.4 Å². The number of sulfonamides is 1. The molecule has 19 heavy (non-hydrogen) atoms. The molecule has 0 aliphatic heterocycles. The minimum atomic E-state index is -3.21. The lowest BCUT2D eigenvalue weighted by Gasteiger charge is -2.17. The Hall–Kier alpha value is -1.17. The van der Waals surface area contributed by atoms with Gasteiger partial charge in [0.25, 0.3) is 0 Å². The second kappa shape index (κ2) is 6.32. The third-order valence-electron chi connectivity index (χ3n) is 2.87. The zero-order chi connectivity index (χ0) is 13.7. The van der Waals surface area contributed by atoms with Crippen LogP contribution in [0.2, 0.25) is 0 Å². The van der Waals surface area contributed by atoms with Gasteiger partial charge in [-0.25, -0.2) is 13.1 Å². The molecule has 102 valence electrons. The Labute approximate surface area is 118 Å². The molecule has 0 amide bonds. The second-order valence-corrected chi connectivity index (χ2v) is 7.30. The Kier molecular flexibility index (Phi) is 4.74. The van der Waals surface area contributed by atoms with Crippen LogP contribution < -0.4 is 4.72 Å². The molecule has 2 aromatic rings. The fourth-order valence-electron chi connectivity index (χ4n) is 1.84. The van der Waals surface area contributed by atoms with Gasteiger partial charge in [-0.2, -0.15) is 0 Å². The van der Waals surface area contributed by atoms with Gasteiger partial charge in [-0.05, 0) is 30.4 Å². The van der Waals surface area contributed by atoms with Crippen molar-refractivity contribution in [2.24, 2.45) is 0 Å². The van der Waals surface area contributed by atoms with Gasteiger partial charge in [0.15, 0.2) is 0 Å². The highest BCUT2D eigenvalue weighted by atomic mass is 32.2. The van der Waals surface area contributed by atoms with Crippen LogP contribution in [0, 0.1) is 0 Å². The van der Waals surface area contributed by atoms with Crippen molar-refractivity contribution in [2.45, 2.75) is 19.4 Å².